The molecule has 0 saturated carbocycles. The van der Waals surface area contributed by atoms with Gasteiger partial charge in [0.05, 0.1) is 75.3 Å². The predicted octanol–water partition coefficient (Wildman–Crippen LogP) is 24.9. The summed E-state index contributed by atoms with van der Waals surface area (Å²) in [5.74, 6) is 0. The molecule has 18 heteroatoms. The van der Waals surface area contributed by atoms with Gasteiger partial charge in [0, 0.05) is 121 Å². The number of hydrogen-bond donors (Lipinski definition) is 0. The number of ether oxygens (including phenoxy) is 8. The van der Waals surface area contributed by atoms with Crippen LogP contribution in [0.25, 0.3) is 44.5 Å². The van der Waals surface area contributed by atoms with Crippen molar-refractivity contribution >= 4 is 92.3 Å². The third-order valence-electron chi connectivity index (χ3n) is 26.3. The highest BCUT2D eigenvalue weighted by molar-refractivity contribution is 9.10. The van der Waals surface area contributed by atoms with Crippen LogP contribution in [0.3, 0.4) is 0 Å². The first-order valence-electron chi connectivity index (χ1n) is 45.4. The Labute approximate surface area is 779 Å². The lowest BCUT2D eigenvalue weighted by molar-refractivity contribution is 0.00578. The fraction of sp³-hybridized carbons (Fsp3) is 0.304. The van der Waals surface area contributed by atoms with Crippen LogP contribution in [0, 0.1) is 0 Å². The molecule has 0 aromatic heterocycles. The maximum Gasteiger partial charge on any atom is 0.494 e. The summed E-state index contributed by atoms with van der Waals surface area (Å²) in [6.07, 6.45) is 3.12. The van der Waals surface area contributed by atoms with Gasteiger partial charge in [-0.2, -0.15) is 0 Å². The SMILES string of the molecule is Brc1ccc(N(c2ccccc2)c2ccccc2)cc1.COCCOCCC1(CCOCCOC)c2cc(-c3ccc(N(c4ccccc4)c4ccccc4)cc3)ccc2-c2ccc(-c3ccc(N(c4ccccc4)c4ccccc4)cc3)cc21.COCCOCCC1(CCOCCOC)c2cc(B3OC(C)(C)C(C)(C)O3)ccc2-c2ccc(B3OC(C)(C)C(C)(C)O3)cc21. The van der Waals surface area contributed by atoms with Crippen LogP contribution in [-0.4, -0.2) is 144 Å². The second-order valence-electron chi connectivity index (χ2n) is 35.5. The van der Waals surface area contributed by atoms with E-state index < -0.39 is 36.6 Å². The van der Waals surface area contributed by atoms with Crippen molar-refractivity contribution in [1.82, 2.24) is 0 Å². The molecule has 2 heterocycles. The predicted molar refractivity (Wildman–Crippen MR) is 535 cm³/mol. The summed E-state index contributed by atoms with van der Waals surface area (Å²) >= 11 is 3.49. The van der Waals surface area contributed by atoms with E-state index in [0.717, 1.165) is 103 Å². The van der Waals surface area contributed by atoms with Gasteiger partial charge >= 0.3 is 14.2 Å². The van der Waals surface area contributed by atoms with E-state index >= 15 is 0 Å². The summed E-state index contributed by atoms with van der Waals surface area (Å²) in [6.45, 7) is 23.4. The number of fused-ring (bicyclic) bond motifs is 6. The lowest BCUT2D eigenvalue weighted by Gasteiger charge is -2.33. The van der Waals surface area contributed by atoms with Crippen LogP contribution in [0.1, 0.15) is 103 Å². The second kappa shape index (κ2) is 43.2. The minimum atomic E-state index is -0.460. The van der Waals surface area contributed by atoms with Crippen LogP contribution >= 0.6 is 15.9 Å². The summed E-state index contributed by atoms with van der Waals surface area (Å²) < 4.78 is 73.1. The van der Waals surface area contributed by atoms with Crippen molar-refractivity contribution in [3.63, 3.8) is 0 Å². The maximum atomic E-state index is 6.50. The van der Waals surface area contributed by atoms with Crippen LogP contribution < -0.4 is 25.6 Å². The highest BCUT2D eigenvalue weighted by Crippen LogP contribution is 2.57. The van der Waals surface area contributed by atoms with Crippen LogP contribution in [-0.2, 0) is 67.3 Å². The molecule has 2 fully saturated rings. The van der Waals surface area contributed by atoms with Crippen LogP contribution in [0.4, 0.5) is 51.2 Å². The molecule has 2 aliphatic heterocycles. The molecule has 0 radical (unpaired) electrons. The summed E-state index contributed by atoms with van der Waals surface area (Å²) in [7, 11) is 5.90. The number of benzene rings is 13. The summed E-state index contributed by atoms with van der Waals surface area (Å²) in [6, 6.07) is 117. The Balaban J connectivity index is 0.000000171. The Hall–Kier alpha value is -10.6. The van der Waals surface area contributed by atoms with Crippen molar-refractivity contribution in [2.45, 2.75) is 114 Å². The molecule has 0 N–H and O–H groups in total. The highest BCUT2D eigenvalue weighted by atomic mass is 79.9. The Morgan fingerprint density at radius 1 is 0.238 bits per heavy atom. The molecular weight excluding hydrogens is 1680 g/mol. The minimum Gasteiger partial charge on any atom is -0.399 e. The van der Waals surface area contributed by atoms with Crippen LogP contribution in [0.2, 0.25) is 0 Å². The fourth-order valence-corrected chi connectivity index (χ4v) is 18.2. The van der Waals surface area contributed by atoms with E-state index in [1.54, 1.807) is 28.4 Å². The van der Waals surface area contributed by atoms with Crippen LogP contribution in [0.5, 0.6) is 0 Å². The molecule has 0 spiro atoms. The monoisotopic (exact) mass is 1800 g/mol. The molecule has 2 aliphatic carbocycles. The Kier molecular flexibility index (Phi) is 31.2. The number of methoxy groups -OCH3 is 4. The van der Waals surface area contributed by atoms with Crippen molar-refractivity contribution in [2.75, 3.05) is 122 Å². The molecule has 4 aliphatic rings. The molecule has 13 aromatic carbocycles. The van der Waals surface area contributed by atoms with Gasteiger partial charge in [-0.25, -0.2) is 0 Å². The Morgan fingerprint density at radius 3 is 0.700 bits per heavy atom. The van der Waals surface area contributed by atoms with Crippen molar-refractivity contribution in [3.8, 4) is 44.5 Å². The van der Waals surface area contributed by atoms with Crippen LogP contribution in [0.15, 0.2) is 332 Å². The van der Waals surface area contributed by atoms with Gasteiger partial charge in [-0.05, 0) is 292 Å². The number of para-hydroxylation sites is 6. The largest absolute Gasteiger partial charge is 0.494 e. The summed E-state index contributed by atoms with van der Waals surface area (Å²) in [4.78, 5) is 6.84. The summed E-state index contributed by atoms with van der Waals surface area (Å²) in [5, 5.41) is 0. The first kappa shape index (κ1) is 94.0. The molecule has 0 bridgehead atoms. The molecular formula is C112H122B2BrN3O12. The maximum absolute atomic E-state index is 6.50. The Bertz CT molecular complexity index is 5320. The number of hydrogen-bond acceptors (Lipinski definition) is 15. The van der Waals surface area contributed by atoms with Gasteiger partial charge in [-0.1, -0.05) is 210 Å². The van der Waals surface area contributed by atoms with E-state index in [1.165, 1.54) is 55.6 Å². The van der Waals surface area contributed by atoms with E-state index in [4.69, 9.17) is 56.5 Å². The topological polar surface area (TPSA) is 120 Å². The second-order valence-corrected chi connectivity index (χ2v) is 36.4. The zero-order valence-electron chi connectivity index (χ0n) is 77.3. The first-order valence-corrected chi connectivity index (χ1v) is 46.2. The number of halogens is 1. The van der Waals surface area contributed by atoms with E-state index in [-0.39, 0.29) is 10.8 Å². The minimum absolute atomic E-state index is 0.369. The van der Waals surface area contributed by atoms with E-state index in [9.17, 15) is 0 Å². The van der Waals surface area contributed by atoms with E-state index in [0.29, 0.717) is 79.3 Å². The molecule has 130 heavy (non-hydrogen) atoms. The smallest absolute Gasteiger partial charge is 0.399 e. The fourth-order valence-electron chi connectivity index (χ4n) is 17.9. The standard InChI is InChI=1S/C59H56N2O4.C35H52B2O8.C18H14BrN/c1-62-39-41-64-37-35-59(36-38-65-42-40-63-2)57-43-47(45-23-29-53(30-24-45)60(49-15-7-3-8-16-49)50-17-9-4-10-18-50)27-33-55(57)56-34-28-48(44-58(56)59)46-25-31-54(32-26-46)61(51-19-11-5-12-20-51)52-21-13-6-14-22-52;1-31(2)32(3,4)43-36(42-31)25-11-13-27-28-14-12-26(37-44-33(5,6)34(7,8)45-37)24-30(28)35(29(27)23-25,15-17-40-21-19-38-9)16-18-41-22-20-39-10;19-15-11-13-18(14-12-15)20(16-7-3-1-4-8-16)17-9-5-2-6-10-17/h3-34,43-44H,35-42H2,1-2H3;11-14,23-24H,15-22H2,1-10H3;1-14H. The number of nitrogens with zero attached hydrogens (tertiary/aromatic N) is 3. The van der Waals surface area contributed by atoms with Crippen molar-refractivity contribution in [3.05, 3.63) is 354 Å². The molecule has 0 atom stereocenters. The molecule has 0 unspecified atom stereocenters. The van der Waals surface area contributed by atoms with Crippen molar-refractivity contribution < 1.29 is 56.5 Å². The van der Waals surface area contributed by atoms with E-state index in [1.807, 2.05) is 12.1 Å². The van der Waals surface area contributed by atoms with Gasteiger partial charge < -0.3 is 71.2 Å². The molecule has 670 valence electrons. The lowest BCUT2D eigenvalue weighted by Crippen LogP contribution is -2.41. The van der Waals surface area contributed by atoms with Gasteiger partial charge in [0.1, 0.15) is 0 Å². The normalized spacial score (nSPS) is 15.3. The van der Waals surface area contributed by atoms with Gasteiger partial charge in [-0.3, -0.25) is 0 Å². The lowest BCUT2D eigenvalue weighted by atomic mass is 9.68. The first-order chi connectivity index (χ1) is 63.2. The summed E-state index contributed by atoms with van der Waals surface area (Å²) in [5.41, 5.74) is 24.4. The molecule has 15 nitrogen and oxygen atoms in total. The quantitative estimate of drug-likeness (QED) is 0.0271. The van der Waals surface area contributed by atoms with Crippen molar-refractivity contribution in [2.24, 2.45) is 0 Å². The molecule has 2 saturated heterocycles. The highest BCUT2D eigenvalue weighted by Gasteiger charge is 2.55. The molecule has 0 amide bonds. The third-order valence-corrected chi connectivity index (χ3v) is 26.9. The number of rotatable bonds is 37. The molecule has 17 rings (SSSR count). The van der Waals surface area contributed by atoms with Gasteiger partial charge in [0.15, 0.2) is 0 Å². The van der Waals surface area contributed by atoms with E-state index in [2.05, 4.69) is 401 Å². The average Bonchev–Trinajstić information content (AvgIpc) is 1.56. The van der Waals surface area contributed by atoms with Gasteiger partial charge in [-0.15, -0.1) is 0 Å². The zero-order chi connectivity index (χ0) is 90.7. The molecule has 13 aromatic rings. The number of anilines is 9. The average molecular weight is 1800 g/mol. The third kappa shape index (κ3) is 21.3. The van der Waals surface area contributed by atoms with Gasteiger partial charge in [0.25, 0.3) is 0 Å². The van der Waals surface area contributed by atoms with Gasteiger partial charge in [0.2, 0.25) is 0 Å². The zero-order valence-corrected chi connectivity index (χ0v) is 78.8. The van der Waals surface area contributed by atoms with Crippen molar-refractivity contribution in [1.29, 1.82) is 0 Å². The Morgan fingerprint density at radius 2 is 0.454 bits per heavy atom.